The molecule has 0 N–H and O–H groups in total. The number of ketones is 1. The molecule has 0 unspecified atom stereocenters. The van der Waals surface area contributed by atoms with E-state index in [9.17, 15) is 4.79 Å². The van der Waals surface area contributed by atoms with Crippen molar-refractivity contribution < 1.29 is 4.79 Å². The number of benzene rings is 1. The lowest BCUT2D eigenvalue weighted by molar-refractivity contribution is 0.101. The minimum atomic E-state index is 0.0356. The van der Waals surface area contributed by atoms with Gasteiger partial charge in [0, 0.05) is 16.7 Å². The van der Waals surface area contributed by atoms with Gasteiger partial charge in [0.05, 0.1) is 5.02 Å². The number of nitrogens with zero attached hydrogens (tertiary/aromatic N) is 1. The Hall–Kier alpha value is -1.32. The van der Waals surface area contributed by atoms with Crippen molar-refractivity contribution in [1.29, 1.82) is 0 Å². The van der Waals surface area contributed by atoms with Crippen LogP contribution in [0, 0.1) is 0 Å². The lowest BCUT2D eigenvalue weighted by Crippen LogP contribution is -1.92. The minimum Gasteiger partial charge on any atom is -0.295 e. The van der Waals surface area contributed by atoms with E-state index in [0.717, 1.165) is 9.92 Å². The van der Waals surface area contributed by atoms with E-state index >= 15 is 0 Å². The molecule has 0 aliphatic carbocycles. The second-order valence-corrected chi connectivity index (χ2v) is 4.94. The zero-order valence-corrected chi connectivity index (χ0v) is 10.8. The molecule has 0 saturated heterocycles. The Kier molecular flexibility index (Phi) is 3.82. The molecular weight excluding hydrogens is 254 g/mol. The van der Waals surface area contributed by atoms with Crippen molar-refractivity contribution in [3.8, 4) is 0 Å². The monoisotopic (exact) mass is 263 g/mol. The Morgan fingerprint density at radius 1 is 1.29 bits per heavy atom. The summed E-state index contributed by atoms with van der Waals surface area (Å²) in [7, 11) is 0. The molecule has 0 fully saturated rings. The molecule has 1 aromatic heterocycles. The number of carbonyl (C=O) groups is 1. The number of hydrogen-bond donors (Lipinski definition) is 0. The summed E-state index contributed by atoms with van der Waals surface area (Å²) < 4.78 is 0. The maximum atomic E-state index is 11.3. The van der Waals surface area contributed by atoms with Crippen LogP contribution in [0.4, 0.5) is 0 Å². The first kappa shape index (κ1) is 12.1. The quantitative estimate of drug-likeness (QED) is 0.782. The smallest absolute Gasteiger partial charge is 0.159 e. The van der Waals surface area contributed by atoms with Gasteiger partial charge in [-0.2, -0.15) is 0 Å². The molecule has 0 bridgehead atoms. The van der Waals surface area contributed by atoms with Gasteiger partial charge >= 0.3 is 0 Å². The van der Waals surface area contributed by atoms with Crippen LogP contribution in [0.3, 0.4) is 0 Å². The fraction of sp³-hybridized carbons (Fsp3) is 0.0769. The van der Waals surface area contributed by atoms with Gasteiger partial charge in [-0.1, -0.05) is 35.5 Å². The number of rotatable bonds is 3. The molecule has 2 rings (SSSR count). The third kappa shape index (κ3) is 3.08. The normalized spacial score (nSPS) is 10.2. The highest BCUT2D eigenvalue weighted by Crippen LogP contribution is 2.31. The number of carbonyl (C=O) groups excluding carboxylic acids is 1. The van der Waals surface area contributed by atoms with Crippen LogP contribution in [-0.4, -0.2) is 10.8 Å². The molecule has 4 heteroatoms. The summed E-state index contributed by atoms with van der Waals surface area (Å²) in [5.74, 6) is 0.0356. The van der Waals surface area contributed by atoms with Gasteiger partial charge in [0.1, 0.15) is 5.03 Å². The Morgan fingerprint density at radius 3 is 2.76 bits per heavy atom. The second-order valence-electron chi connectivity index (χ2n) is 3.47. The van der Waals surface area contributed by atoms with E-state index in [2.05, 4.69) is 4.98 Å². The zero-order valence-electron chi connectivity index (χ0n) is 9.18. The van der Waals surface area contributed by atoms with Crippen molar-refractivity contribution in [2.24, 2.45) is 0 Å². The standard InChI is InChI=1S/C13H10ClNOS/c1-9(16)10-6-7-15-13(8-10)17-12-5-3-2-4-11(12)14/h2-8H,1H3. The van der Waals surface area contributed by atoms with E-state index in [1.54, 1.807) is 25.3 Å². The van der Waals surface area contributed by atoms with Crippen LogP contribution in [0.1, 0.15) is 17.3 Å². The average molecular weight is 264 g/mol. The van der Waals surface area contributed by atoms with E-state index in [1.165, 1.54) is 11.8 Å². The van der Waals surface area contributed by atoms with Crippen LogP contribution < -0.4 is 0 Å². The summed E-state index contributed by atoms with van der Waals surface area (Å²) in [6.45, 7) is 1.54. The van der Waals surface area contributed by atoms with Crippen LogP contribution in [0.25, 0.3) is 0 Å². The largest absolute Gasteiger partial charge is 0.295 e. The van der Waals surface area contributed by atoms with E-state index < -0.39 is 0 Å². The lowest BCUT2D eigenvalue weighted by Gasteiger charge is -2.03. The van der Waals surface area contributed by atoms with Gasteiger partial charge in [-0.3, -0.25) is 4.79 Å². The van der Waals surface area contributed by atoms with E-state index in [1.807, 2.05) is 24.3 Å². The van der Waals surface area contributed by atoms with Crippen LogP contribution in [0.15, 0.2) is 52.5 Å². The van der Waals surface area contributed by atoms with Crippen LogP contribution in [0.2, 0.25) is 5.02 Å². The fourth-order valence-corrected chi connectivity index (χ4v) is 2.41. The maximum absolute atomic E-state index is 11.3. The van der Waals surface area contributed by atoms with E-state index in [-0.39, 0.29) is 5.78 Å². The molecule has 0 atom stereocenters. The third-order valence-electron chi connectivity index (χ3n) is 2.19. The molecule has 0 saturated carbocycles. The molecule has 2 nitrogen and oxygen atoms in total. The minimum absolute atomic E-state index is 0.0356. The lowest BCUT2D eigenvalue weighted by atomic mass is 10.2. The zero-order chi connectivity index (χ0) is 12.3. The Morgan fingerprint density at radius 2 is 2.06 bits per heavy atom. The van der Waals surface area contributed by atoms with Crippen molar-refractivity contribution in [3.63, 3.8) is 0 Å². The Labute approximate surface area is 109 Å². The topological polar surface area (TPSA) is 30.0 Å². The first-order valence-corrected chi connectivity index (χ1v) is 6.25. The van der Waals surface area contributed by atoms with Crippen LogP contribution >= 0.6 is 23.4 Å². The average Bonchev–Trinajstić information content (AvgIpc) is 2.32. The molecule has 0 amide bonds. The highest BCUT2D eigenvalue weighted by molar-refractivity contribution is 7.99. The van der Waals surface area contributed by atoms with Crippen molar-refractivity contribution in [2.75, 3.05) is 0 Å². The third-order valence-corrected chi connectivity index (χ3v) is 3.64. The summed E-state index contributed by atoms with van der Waals surface area (Å²) in [5.41, 5.74) is 0.662. The van der Waals surface area contributed by atoms with Crippen molar-refractivity contribution in [3.05, 3.63) is 53.2 Å². The van der Waals surface area contributed by atoms with E-state index in [0.29, 0.717) is 10.6 Å². The van der Waals surface area contributed by atoms with Crippen molar-refractivity contribution >= 4 is 29.1 Å². The fourth-order valence-electron chi connectivity index (χ4n) is 1.32. The first-order valence-electron chi connectivity index (χ1n) is 5.06. The summed E-state index contributed by atoms with van der Waals surface area (Å²) >= 11 is 7.51. The molecule has 1 heterocycles. The van der Waals surface area contributed by atoms with Gasteiger partial charge in [0.25, 0.3) is 0 Å². The van der Waals surface area contributed by atoms with Crippen LogP contribution in [0.5, 0.6) is 0 Å². The number of hydrogen-bond acceptors (Lipinski definition) is 3. The Bertz CT molecular complexity index is 557. The number of pyridine rings is 1. The molecule has 2 aromatic rings. The van der Waals surface area contributed by atoms with Crippen LogP contribution in [-0.2, 0) is 0 Å². The van der Waals surface area contributed by atoms with Gasteiger partial charge in [-0.25, -0.2) is 4.98 Å². The number of aromatic nitrogens is 1. The molecular formula is C13H10ClNOS. The second kappa shape index (κ2) is 5.34. The Balaban J connectivity index is 2.28. The van der Waals surface area contributed by atoms with Crippen molar-refractivity contribution in [2.45, 2.75) is 16.8 Å². The predicted octanol–water partition coefficient (Wildman–Crippen LogP) is 4.09. The summed E-state index contributed by atoms with van der Waals surface area (Å²) in [6.07, 6.45) is 1.63. The number of halogens is 1. The summed E-state index contributed by atoms with van der Waals surface area (Å²) in [4.78, 5) is 16.4. The molecule has 0 radical (unpaired) electrons. The van der Waals surface area contributed by atoms with Gasteiger partial charge < -0.3 is 0 Å². The molecule has 0 spiro atoms. The molecule has 1 aromatic carbocycles. The summed E-state index contributed by atoms with van der Waals surface area (Å²) in [6, 6.07) is 11.0. The van der Waals surface area contributed by atoms with E-state index in [4.69, 9.17) is 11.6 Å². The van der Waals surface area contributed by atoms with Gasteiger partial charge in [-0.05, 0) is 31.2 Å². The highest BCUT2D eigenvalue weighted by Gasteiger charge is 2.05. The van der Waals surface area contributed by atoms with Crippen molar-refractivity contribution in [1.82, 2.24) is 4.98 Å². The molecule has 86 valence electrons. The molecule has 17 heavy (non-hydrogen) atoms. The number of Topliss-reactive ketones (excluding diaryl/α,β-unsaturated/α-hetero) is 1. The van der Waals surface area contributed by atoms with Gasteiger partial charge in [0.15, 0.2) is 5.78 Å². The maximum Gasteiger partial charge on any atom is 0.159 e. The van der Waals surface area contributed by atoms with Gasteiger partial charge in [0.2, 0.25) is 0 Å². The molecule has 0 aliphatic heterocycles. The highest BCUT2D eigenvalue weighted by atomic mass is 35.5. The SMILES string of the molecule is CC(=O)c1ccnc(Sc2ccccc2Cl)c1. The van der Waals surface area contributed by atoms with Gasteiger partial charge in [-0.15, -0.1) is 0 Å². The predicted molar refractivity (Wildman–Crippen MR) is 69.8 cm³/mol. The first-order chi connectivity index (χ1) is 8.16. The summed E-state index contributed by atoms with van der Waals surface area (Å²) in [5, 5.41) is 1.46. The molecule has 0 aliphatic rings.